The first-order valence-corrected chi connectivity index (χ1v) is 3.46. The summed E-state index contributed by atoms with van der Waals surface area (Å²) >= 11 is 5.37. The van der Waals surface area contributed by atoms with Crippen LogP contribution in [0.15, 0.2) is 11.7 Å². The second-order valence-electron chi connectivity index (χ2n) is 1.92. The van der Waals surface area contributed by atoms with Crippen LogP contribution in [-0.4, -0.2) is 31.2 Å². The van der Waals surface area contributed by atoms with Gasteiger partial charge in [0.15, 0.2) is 0 Å². The summed E-state index contributed by atoms with van der Waals surface area (Å²) in [5.74, 6) is 0. The molecule has 10 heavy (non-hydrogen) atoms. The van der Waals surface area contributed by atoms with Crippen molar-refractivity contribution in [2.45, 2.75) is 0 Å². The van der Waals surface area contributed by atoms with Gasteiger partial charge in [0, 0.05) is 24.8 Å². The minimum Gasteiger partial charge on any atom is -0.378 e. The Hall–Kier alpha value is 0.0800. The minimum atomic E-state index is 0. The van der Waals surface area contributed by atoms with Crippen LogP contribution in [0, 0.1) is 0 Å². The average Bonchev–Trinajstić information content (AvgIpc) is 1.91. The molecule has 0 aromatic rings. The number of morpholine rings is 1. The highest BCUT2D eigenvalue weighted by molar-refractivity contribution is 6.25. The predicted molar refractivity (Wildman–Crippen MR) is 44.6 cm³/mol. The Morgan fingerprint density at radius 3 is 2.40 bits per heavy atom. The van der Waals surface area contributed by atoms with Gasteiger partial charge in [0.2, 0.25) is 0 Å². The number of hydrogen-bond donors (Lipinski definition) is 0. The quantitative estimate of drug-likeness (QED) is 0.611. The van der Waals surface area contributed by atoms with Crippen LogP contribution in [0.3, 0.4) is 0 Å². The third-order valence-electron chi connectivity index (χ3n) is 1.31. The van der Waals surface area contributed by atoms with E-state index >= 15 is 0 Å². The van der Waals surface area contributed by atoms with Crippen LogP contribution in [-0.2, 0) is 4.74 Å². The van der Waals surface area contributed by atoms with E-state index in [2.05, 4.69) is 4.90 Å². The summed E-state index contributed by atoms with van der Waals surface area (Å²) in [5, 5.41) is 0. The van der Waals surface area contributed by atoms with Gasteiger partial charge in [-0.25, -0.2) is 0 Å². The van der Waals surface area contributed by atoms with Gasteiger partial charge in [-0.05, 0) is 0 Å². The zero-order valence-electron chi connectivity index (χ0n) is 5.62. The Labute approximate surface area is 72.2 Å². The average molecular weight is 184 g/mol. The van der Waals surface area contributed by atoms with Crippen LogP contribution in [0.5, 0.6) is 0 Å². The van der Waals surface area contributed by atoms with Crippen molar-refractivity contribution in [3.8, 4) is 0 Å². The third-order valence-corrected chi connectivity index (χ3v) is 1.43. The number of hydrogen-bond acceptors (Lipinski definition) is 2. The molecule has 1 saturated heterocycles. The van der Waals surface area contributed by atoms with Crippen LogP contribution in [0.25, 0.3) is 0 Å². The second-order valence-corrected chi connectivity index (χ2v) is 2.18. The molecule has 0 radical (unpaired) electrons. The normalized spacial score (nSPS) is 19.1. The van der Waals surface area contributed by atoms with Crippen molar-refractivity contribution < 1.29 is 4.74 Å². The highest BCUT2D eigenvalue weighted by atomic mass is 35.5. The summed E-state index contributed by atoms with van der Waals surface area (Å²) in [6, 6.07) is 0. The van der Waals surface area contributed by atoms with Crippen molar-refractivity contribution in [1.82, 2.24) is 4.90 Å². The number of rotatable bonds is 1. The lowest BCUT2D eigenvalue weighted by Gasteiger charge is -2.24. The summed E-state index contributed by atoms with van der Waals surface area (Å²) in [6.45, 7) is 3.56. The lowest BCUT2D eigenvalue weighted by Crippen LogP contribution is -2.31. The van der Waals surface area contributed by atoms with Gasteiger partial charge in [-0.15, -0.1) is 12.4 Å². The summed E-state index contributed by atoms with van der Waals surface area (Å²) in [5.41, 5.74) is 1.53. The van der Waals surface area contributed by atoms with E-state index in [4.69, 9.17) is 16.3 Å². The van der Waals surface area contributed by atoms with Crippen LogP contribution >= 0.6 is 24.0 Å². The topological polar surface area (TPSA) is 12.5 Å². The van der Waals surface area contributed by atoms with Crippen LogP contribution in [0.4, 0.5) is 0 Å². The zero-order valence-corrected chi connectivity index (χ0v) is 7.20. The molecule has 0 amide bonds. The molecule has 0 aliphatic carbocycles. The maximum Gasteiger partial charge on any atom is 0.0642 e. The smallest absolute Gasteiger partial charge is 0.0642 e. The number of nitrogens with zero attached hydrogens (tertiary/aromatic N) is 1. The summed E-state index contributed by atoms with van der Waals surface area (Å²) < 4.78 is 5.13. The second kappa shape index (κ2) is 5.83. The molecule has 1 fully saturated rings. The fraction of sp³-hybridized carbons (Fsp3) is 0.667. The monoisotopic (exact) mass is 183 g/mol. The maximum absolute atomic E-state index is 5.37. The van der Waals surface area contributed by atoms with Crippen molar-refractivity contribution in [3.63, 3.8) is 0 Å². The molecule has 4 heteroatoms. The molecule has 2 nitrogen and oxygen atoms in total. The molecule has 0 unspecified atom stereocenters. The van der Waals surface area contributed by atoms with Crippen molar-refractivity contribution in [2.24, 2.45) is 0 Å². The fourth-order valence-corrected chi connectivity index (χ4v) is 0.966. The standard InChI is InChI=1S/C6H10ClNO.ClH/c7-1-2-8-3-5-9-6-4-8;/h1-2H,3-6H2;1H. The van der Waals surface area contributed by atoms with E-state index in [1.54, 1.807) is 0 Å². The van der Waals surface area contributed by atoms with Gasteiger partial charge in [-0.3, -0.25) is 0 Å². The first-order valence-electron chi connectivity index (χ1n) is 3.02. The molecule has 0 saturated carbocycles. The lowest BCUT2D eigenvalue weighted by molar-refractivity contribution is 0.0595. The maximum atomic E-state index is 5.37. The Bertz CT molecular complexity index is 102. The zero-order chi connectivity index (χ0) is 6.53. The summed E-state index contributed by atoms with van der Waals surface area (Å²) in [7, 11) is 0. The summed E-state index contributed by atoms with van der Waals surface area (Å²) in [6.07, 6.45) is 1.88. The lowest BCUT2D eigenvalue weighted by atomic mass is 10.5. The molecule has 0 spiro atoms. The largest absolute Gasteiger partial charge is 0.378 e. The Balaban J connectivity index is 0.000000810. The van der Waals surface area contributed by atoms with Gasteiger partial charge in [-0.1, -0.05) is 11.6 Å². The van der Waals surface area contributed by atoms with Crippen LogP contribution in [0.1, 0.15) is 0 Å². The first kappa shape index (κ1) is 10.1. The predicted octanol–water partition coefficient (Wildman–Crippen LogP) is 1.45. The summed E-state index contributed by atoms with van der Waals surface area (Å²) in [4.78, 5) is 2.14. The SMILES string of the molecule is Cl.ClC=CN1CCOCC1. The first-order chi connectivity index (χ1) is 4.43. The Kier molecular flexibility index (Phi) is 5.88. The van der Waals surface area contributed by atoms with E-state index in [1.165, 1.54) is 5.54 Å². The van der Waals surface area contributed by atoms with Crippen molar-refractivity contribution >= 4 is 24.0 Å². The molecule has 60 valence electrons. The van der Waals surface area contributed by atoms with Gasteiger partial charge >= 0.3 is 0 Å². The molecule has 1 heterocycles. The van der Waals surface area contributed by atoms with E-state index in [0.717, 1.165) is 26.3 Å². The number of ether oxygens (including phenoxy) is 1. The van der Waals surface area contributed by atoms with Gasteiger partial charge in [0.25, 0.3) is 0 Å². The fourth-order valence-electron chi connectivity index (χ4n) is 0.806. The van der Waals surface area contributed by atoms with E-state index in [-0.39, 0.29) is 12.4 Å². The Morgan fingerprint density at radius 2 is 1.90 bits per heavy atom. The van der Waals surface area contributed by atoms with Crippen molar-refractivity contribution in [2.75, 3.05) is 26.3 Å². The highest BCUT2D eigenvalue weighted by Crippen LogP contribution is 1.97. The van der Waals surface area contributed by atoms with E-state index in [0.29, 0.717) is 0 Å². The Morgan fingerprint density at radius 1 is 1.30 bits per heavy atom. The van der Waals surface area contributed by atoms with Crippen molar-refractivity contribution in [1.29, 1.82) is 0 Å². The molecular weight excluding hydrogens is 173 g/mol. The molecule has 0 N–H and O–H groups in total. The van der Waals surface area contributed by atoms with E-state index in [1.807, 2.05) is 6.20 Å². The van der Waals surface area contributed by atoms with Gasteiger partial charge in [-0.2, -0.15) is 0 Å². The molecule has 1 rings (SSSR count). The van der Waals surface area contributed by atoms with Crippen LogP contribution in [0.2, 0.25) is 0 Å². The van der Waals surface area contributed by atoms with Gasteiger partial charge in [0.1, 0.15) is 0 Å². The molecule has 1 aliphatic heterocycles. The third kappa shape index (κ3) is 3.30. The molecule has 0 aromatic heterocycles. The van der Waals surface area contributed by atoms with Crippen molar-refractivity contribution in [3.05, 3.63) is 11.7 Å². The molecular formula is C6H11Cl2NO. The molecule has 0 aromatic carbocycles. The number of halogens is 2. The molecule has 1 aliphatic rings. The van der Waals surface area contributed by atoms with E-state index in [9.17, 15) is 0 Å². The molecule has 0 atom stereocenters. The van der Waals surface area contributed by atoms with Gasteiger partial charge in [0.05, 0.1) is 13.2 Å². The highest BCUT2D eigenvalue weighted by Gasteiger charge is 2.03. The van der Waals surface area contributed by atoms with Crippen LogP contribution < -0.4 is 0 Å². The van der Waals surface area contributed by atoms with E-state index < -0.39 is 0 Å². The minimum absolute atomic E-state index is 0. The van der Waals surface area contributed by atoms with Gasteiger partial charge < -0.3 is 9.64 Å². The molecule has 0 bridgehead atoms.